The van der Waals surface area contributed by atoms with E-state index in [9.17, 15) is 22.8 Å². The highest BCUT2D eigenvalue weighted by molar-refractivity contribution is 7.91. The molecule has 0 spiro atoms. The summed E-state index contributed by atoms with van der Waals surface area (Å²) in [6, 6.07) is 5.38. The number of benzene rings is 1. The molecule has 2 rings (SSSR count). The molecule has 0 unspecified atom stereocenters. The van der Waals surface area contributed by atoms with Gasteiger partial charge in [0.25, 0.3) is 0 Å². The highest BCUT2D eigenvalue weighted by atomic mass is 32.2. The smallest absolute Gasteiger partial charge is 0.315 e. The van der Waals surface area contributed by atoms with Crippen LogP contribution in [0, 0.1) is 0 Å². The fourth-order valence-corrected chi connectivity index (χ4v) is 3.97. The fraction of sp³-hybridized carbons (Fsp3) is 0.400. The molecule has 1 aromatic carbocycles. The first-order chi connectivity index (χ1) is 11.2. The molecule has 1 aliphatic rings. The lowest BCUT2D eigenvalue weighted by Crippen LogP contribution is -2.45. The van der Waals surface area contributed by atoms with Crippen molar-refractivity contribution in [2.75, 3.05) is 23.4 Å². The maximum absolute atomic E-state index is 11.8. The van der Waals surface area contributed by atoms with Crippen LogP contribution in [0.5, 0.6) is 0 Å². The van der Waals surface area contributed by atoms with Gasteiger partial charge in [-0.3, -0.25) is 9.59 Å². The van der Waals surface area contributed by atoms with Gasteiger partial charge in [0, 0.05) is 17.3 Å². The quantitative estimate of drug-likeness (QED) is 0.658. The van der Waals surface area contributed by atoms with Crippen LogP contribution in [0.1, 0.15) is 23.7 Å². The van der Waals surface area contributed by atoms with Crippen LogP contribution in [0.15, 0.2) is 24.3 Å². The van der Waals surface area contributed by atoms with Crippen LogP contribution in [0.3, 0.4) is 0 Å². The summed E-state index contributed by atoms with van der Waals surface area (Å²) in [7, 11) is -3.07. The van der Waals surface area contributed by atoms with E-state index in [1.807, 2.05) is 0 Å². The highest BCUT2D eigenvalue weighted by Gasteiger charge is 2.28. The molecule has 0 aliphatic carbocycles. The molecule has 9 heteroatoms. The Morgan fingerprint density at radius 3 is 2.38 bits per heavy atom. The van der Waals surface area contributed by atoms with E-state index in [2.05, 4.69) is 16.0 Å². The molecule has 3 amide bonds. The molecule has 1 aliphatic heterocycles. The van der Waals surface area contributed by atoms with Crippen molar-refractivity contribution in [3.63, 3.8) is 0 Å². The second-order valence-corrected chi connectivity index (χ2v) is 7.84. The molecular weight excluding hydrogens is 334 g/mol. The fourth-order valence-electron chi connectivity index (χ4n) is 2.30. The Morgan fingerprint density at radius 2 is 1.83 bits per heavy atom. The van der Waals surface area contributed by atoms with Gasteiger partial charge in [0.1, 0.15) is 0 Å². The minimum absolute atomic E-state index is 0.0642. The molecule has 1 saturated heterocycles. The van der Waals surface area contributed by atoms with Crippen LogP contribution >= 0.6 is 0 Å². The zero-order valence-electron chi connectivity index (χ0n) is 13.2. The Morgan fingerprint density at radius 1 is 1.17 bits per heavy atom. The zero-order valence-corrected chi connectivity index (χ0v) is 14.0. The molecule has 8 nitrogen and oxygen atoms in total. The monoisotopic (exact) mass is 353 g/mol. The van der Waals surface area contributed by atoms with Gasteiger partial charge < -0.3 is 16.0 Å². The van der Waals surface area contributed by atoms with Crippen molar-refractivity contribution in [3.8, 4) is 0 Å². The lowest BCUT2D eigenvalue weighted by Gasteiger charge is -2.12. The lowest BCUT2D eigenvalue weighted by molar-refractivity contribution is -0.115. The van der Waals surface area contributed by atoms with Crippen LogP contribution < -0.4 is 16.0 Å². The molecular formula is C15H19N3O5S. The van der Waals surface area contributed by atoms with Gasteiger partial charge in [-0.15, -0.1) is 0 Å². The molecule has 1 atom stereocenters. The number of Topliss-reactive ketones (excluding diaryl/α,β-unsaturated/α-hetero) is 1. The second kappa shape index (κ2) is 7.43. The van der Waals surface area contributed by atoms with Gasteiger partial charge in [0.05, 0.1) is 18.1 Å². The maximum Gasteiger partial charge on any atom is 0.315 e. The summed E-state index contributed by atoms with van der Waals surface area (Å²) in [5, 5.41) is 7.48. The van der Waals surface area contributed by atoms with E-state index in [4.69, 9.17) is 0 Å². The number of carbonyl (C=O) groups excluding carboxylic acids is 3. The van der Waals surface area contributed by atoms with Gasteiger partial charge in [0.15, 0.2) is 15.6 Å². The number of hydrogen-bond acceptors (Lipinski definition) is 5. The van der Waals surface area contributed by atoms with Crippen molar-refractivity contribution >= 4 is 33.2 Å². The van der Waals surface area contributed by atoms with Crippen LogP contribution in [0.25, 0.3) is 0 Å². The summed E-state index contributed by atoms with van der Waals surface area (Å²) in [5.41, 5.74) is 1.05. The van der Waals surface area contributed by atoms with Crippen molar-refractivity contribution in [2.45, 2.75) is 19.4 Å². The Hall–Kier alpha value is -2.42. The number of amides is 3. The Labute approximate surface area is 139 Å². The topological polar surface area (TPSA) is 121 Å². The first-order valence-corrected chi connectivity index (χ1v) is 9.23. The van der Waals surface area contributed by atoms with Crippen molar-refractivity contribution in [1.29, 1.82) is 0 Å². The molecule has 0 radical (unpaired) electrons. The first kappa shape index (κ1) is 17.9. The third-order valence-corrected chi connectivity index (χ3v) is 5.32. The van der Waals surface area contributed by atoms with E-state index < -0.39 is 27.8 Å². The number of hydrogen-bond donors (Lipinski definition) is 3. The van der Waals surface area contributed by atoms with E-state index in [1.165, 1.54) is 6.92 Å². The Bertz CT molecular complexity index is 743. The van der Waals surface area contributed by atoms with Gasteiger partial charge in [-0.05, 0) is 37.6 Å². The minimum Gasteiger partial charge on any atom is -0.334 e. The highest BCUT2D eigenvalue weighted by Crippen LogP contribution is 2.11. The summed E-state index contributed by atoms with van der Waals surface area (Å²) in [5.74, 6) is -0.510. The standard InChI is InChI=1S/C15H19N3O5S/c1-10(19)11-2-4-12(5-3-11)17-14(20)8-16-15(21)18-13-6-7-24(22,23)9-13/h2-5,13H,6-9H2,1H3,(H,17,20)(H2,16,18,21)/t13-/m0/s1. The first-order valence-electron chi connectivity index (χ1n) is 7.41. The number of urea groups is 1. The van der Waals surface area contributed by atoms with E-state index in [-0.39, 0.29) is 23.8 Å². The average molecular weight is 353 g/mol. The SMILES string of the molecule is CC(=O)c1ccc(NC(=O)CNC(=O)N[C@H]2CCS(=O)(=O)C2)cc1. The number of anilines is 1. The second-order valence-electron chi connectivity index (χ2n) is 5.61. The number of ketones is 1. The Balaban J connectivity index is 1.74. The van der Waals surface area contributed by atoms with Crippen LogP contribution in [-0.2, 0) is 14.6 Å². The summed E-state index contributed by atoms with van der Waals surface area (Å²) in [4.78, 5) is 34.6. The van der Waals surface area contributed by atoms with E-state index >= 15 is 0 Å². The summed E-state index contributed by atoms with van der Waals surface area (Å²) in [6.07, 6.45) is 0.379. The third kappa shape index (κ3) is 5.34. The molecule has 130 valence electrons. The third-order valence-electron chi connectivity index (χ3n) is 3.55. The van der Waals surface area contributed by atoms with Crippen LogP contribution in [-0.4, -0.2) is 50.2 Å². The molecule has 1 heterocycles. The average Bonchev–Trinajstić information content (AvgIpc) is 2.84. The lowest BCUT2D eigenvalue weighted by atomic mass is 10.1. The van der Waals surface area contributed by atoms with E-state index in [1.54, 1.807) is 24.3 Å². The minimum atomic E-state index is -3.07. The van der Waals surface area contributed by atoms with Crippen molar-refractivity contribution in [1.82, 2.24) is 10.6 Å². The van der Waals surface area contributed by atoms with Gasteiger partial charge in [0.2, 0.25) is 5.91 Å². The Kier molecular flexibility index (Phi) is 5.55. The van der Waals surface area contributed by atoms with Gasteiger partial charge in [-0.2, -0.15) is 0 Å². The normalized spacial score (nSPS) is 18.6. The van der Waals surface area contributed by atoms with E-state index in [0.29, 0.717) is 17.7 Å². The molecule has 0 bridgehead atoms. The van der Waals surface area contributed by atoms with Crippen molar-refractivity contribution in [3.05, 3.63) is 29.8 Å². The molecule has 0 aromatic heterocycles. The van der Waals surface area contributed by atoms with Gasteiger partial charge in [-0.1, -0.05) is 0 Å². The molecule has 1 fully saturated rings. The zero-order chi connectivity index (χ0) is 17.7. The molecule has 3 N–H and O–H groups in total. The van der Waals surface area contributed by atoms with E-state index in [0.717, 1.165) is 0 Å². The summed E-state index contributed by atoms with van der Waals surface area (Å²) >= 11 is 0. The predicted octanol–water partition coefficient (Wildman–Crippen LogP) is 0.314. The number of sulfone groups is 1. The summed E-state index contributed by atoms with van der Waals surface area (Å²) in [6.45, 7) is 1.20. The van der Waals surface area contributed by atoms with Crippen LogP contribution in [0.4, 0.5) is 10.5 Å². The molecule has 1 aromatic rings. The van der Waals surface area contributed by atoms with Crippen LogP contribution in [0.2, 0.25) is 0 Å². The van der Waals surface area contributed by atoms with Gasteiger partial charge in [-0.25, -0.2) is 13.2 Å². The summed E-state index contributed by atoms with van der Waals surface area (Å²) < 4.78 is 22.6. The largest absolute Gasteiger partial charge is 0.334 e. The molecule has 24 heavy (non-hydrogen) atoms. The van der Waals surface area contributed by atoms with Crippen molar-refractivity contribution in [2.24, 2.45) is 0 Å². The number of nitrogens with one attached hydrogen (secondary N) is 3. The molecule has 0 saturated carbocycles. The number of rotatable bonds is 5. The maximum atomic E-state index is 11.8. The number of carbonyl (C=O) groups is 3. The van der Waals surface area contributed by atoms with Gasteiger partial charge >= 0.3 is 6.03 Å². The predicted molar refractivity (Wildman–Crippen MR) is 88.7 cm³/mol. The van der Waals surface area contributed by atoms with Crippen molar-refractivity contribution < 1.29 is 22.8 Å².